The molecule has 2 atom stereocenters. The lowest BCUT2D eigenvalue weighted by atomic mass is 10.0. The van der Waals surface area contributed by atoms with E-state index >= 15 is 0 Å². The summed E-state index contributed by atoms with van der Waals surface area (Å²) in [6, 6.07) is 0. The van der Waals surface area contributed by atoms with E-state index in [-0.39, 0.29) is 25.6 Å². The molecule has 10 heteroatoms. The number of carbonyl (C=O) groups excluding carboxylic acids is 2. The molecule has 0 rings (SSSR count). The third kappa shape index (κ3) is 34.6. The van der Waals surface area contributed by atoms with E-state index in [2.05, 4.69) is 26.0 Å². The number of likely N-dealkylation sites (N-methyl/N-ethyl adjacent to an activating group) is 1. The Morgan fingerprint density at radius 1 is 0.625 bits per heavy atom. The molecule has 48 heavy (non-hydrogen) atoms. The van der Waals surface area contributed by atoms with Crippen molar-refractivity contribution in [1.29, 1.82) is 0 Å². The second kappa shape index (κ2) is 31.7. The number of hydrogen-bond donors (Lipinski definition) is 1. The molecule has 0 bridgehead atoms. The Bertz CT molecular complexity index is 845. The predicted molar refractivity (Wildman–Crippen MR) is 197 cm³/mol. The van der Waals surface area contributed by atoms with E-state index in [9.17, 15) is 19.0 Å². The average molecular weight is 705 g/mol. The first kappa shape index (κ1) is 46.8. The minimum Gasteiger partial charge on any atom is -0.462 e. The molecule has 0 aliphatic heterocycles. The summed E-state index contributed by atoms with van der Waals surface area (Å²) in [5.74, 6) is -0.806. The normalized spacial score (nSPS) is 13.9. The van der Waals surface area contributed by atoms with Gasteiger partial charge in [0.25, 0.3) is 0 Å². The second-order valence-electron chi connectivity index (χ2n) is 14.3. The van der Waals surface area contributed by atoms with Gasteiger partial charge in [0.15, 0.2) is 6.10 Å². The van der Waals surface area contributed by atoms with Crippen molar-refractivity contribution >= 4 is 19.8 Å². The lowest BCUT2D eigenvalue weighted by molar-refractivity contribution is -0.870. The average Bonchev–Trinajstić information content (AvgIpc) is 3.02. The van der Waals surface area contributed by atoms with E-state index in [1.807, 2.05) is 21.1 Å². The Hall–Kier alpha value is -1.25. The molecular formula is C38H75NO8P+. The fourth-order valence-electron chi connectivity index (χ4n) is 5.17. The third-order valence-electron chi connectivity index (χ3n) is 8.30. The topological polar surface area (TPSA) is 108 Å². The Balaban J connectivity index is 4.42. The Kier molecular flexibility index (Phi) is 30.9. The minimum atomic E-state index is -4.36. The number of quaternary nitrogens is 1. The fraction of sp³-hybridized carbons (Fsp3) is 0.895. The van der Waals surface area contributed by atoms with Crippen LogP contribution >= 0.6 is 7.82 Å². The number of allylic oxidation sites excluding steroid dienone is 2. The molecule has 0 aromatic rings. The van der Waals surface area contributed by atoms with E-state index in [0.717, 1.165) is 57.8 Å². The molecule has 0 spiro atoms. The highest BCUT2D eigenvalue weighted by atomic mass is 31.2. The predicted octanol–water partition coefficient (Wildman–Crippen LogP) is 10.2. The van der Waals surface area contributed by atoms with Gasteiger partial charge in [-0.1, -0.05) is 135 Å². The highest BCUT2D eigenvalue weighted by Crippen LogP contribution is 2.43. The van der Waals surface area contributed by atoms with Crippen LogP contribution in [0.25, 0.3) is 0 Å². The second-order valence-corrected chi connectivity index (χ2v) is 15.8. The lowest BCUT2D eigenvalue weighted by Crippen LogP contribution is -2.37. The van der Waals surface area contributed by atoms with Gasteiger partial charge in [0.2, 0.25) is 0 Å². The van der Waals surface area contributed by atoms with E-state index < -0.39 is 26.5 Å². The molecule has 0 fully saturated rings. The maximum absolute atomic E-state index is 12.6. The summed E-state index contributed by atoms with van der Waals surface area (Å²) < 4.78 is 34.1. The number of rotatable bonds is 35. The Labute approximate surface area is 295 Å². The molecule has 0 amide bonds. The maximum Gasteiger partial charge on any atom is 0.472 e. The maximum atomic E-state index is 12.6. The fourth-order valence-corrected chi connectivity index (χ4v) is 5.91. The van der Waals surface area contributed by atoms with Crippen LogP contribution in [-0.2, 0) is 32.7 Å². The third-order valence-corrected chi connectivity index (χ3v) is 9.28. The van der Waals surface area contributed by atoms with Crippen molar-refractivity contribution in [3.63, 3.8) is 0 Å². The molecule has 0 radical (unpaired) electrons. The van der Waals surface area contributed by atoms with Crippen LogP contribution in [0.3, 0.4) is 0 Å². The van der Waals surface area contributed by atoms with Gasteiger partial charge in [0.1, 0.15) is 19.8 Å². The van der Waals surface area contributed by atoms with Crippen molar-refractivity contribution in [2.24, 2.45) is 0 Å². The standard InChI is InChI=1S/C38H74NO8P/c1-6-8-10-12-14-16-18-19-21-22-24-26-28-30-37(40)44-34-36(35-46-48(42,43)45-33-32-39(3,4)5)47-38(41)31-29-27-25-23-20-17-15-13-11-9-7-2/h13,15,36H,6-12,14,16-35H2,1-5H3/p+1/b15-13-/t36-/m0/s1. The number of esters is 2. The molecule has 1 unspecified atom stereocenters. The largest absolute Gasteiger partial charge is 0.472 e. The zero-order valence-corrected chi connectivity index (χ0v) is 32.6. The first-order chi connectivity index (χ1) is 23.0. The van der Waals surface area contributed by atoms with Crippen molar-refractivity contribution in [1.82, 2.24) is 0 Å². The number of phosphoric acid groups is 1. The molecule has 0 aliphatic carbocycles. The van der Waals surface area contributed by atoms with Gasteiger partial charge in [-0.3, -0.25) is 18.6 Å². The summed E-state index contributed by atoms with van der Waals surface area (Å²) >= 11 is 0. The van der Waals surface area contributed by atoms with Gasteiger partial charge in [-0.2, -0.15) is 0 Å². The number of phosphoric ester groups is 1. The number of hydrogen-bond acceptors (Lipinski definition) is 7. The number of unbranched alkanes of at least 4 members (excludes halogenated alkanes) is 19. The van der Waals surface area contributed by atoms with Gasteiger partial charge < -0.3 is 18.9 Å². The number of carbonyl (C=O) groups is 2. The Morgan fingerprint density at radius 3 is 1.60 bits per heavy atom. The summed E-state index contributed by atoms with van der Waals surface area (Å²) in [5, 5.41) is 0. The van der Waals surface area contributed by atoms with Crippen LogP contribution in [0.5, 0.6) is 0 Å². The summed E-state index contributed by atoms with van der Waals surface area (Å²) in [6.45, 7) is 4.37. The van der Waals surface area contributed by atoms with Crippen molar-refractivity contribution in [3.8, 4) is 0 Å². The molecule has 0 aromatic heterocycles. The molecule has 0 aliphatic rings. The van der Waals surface area contributed by atoms with Crippen molar-refractivity contribution in [2.75, 3.05) is 47.5 Å². The summed E-state index contributed by atoms with van der Waals surface area (Å²) in [6.07, 6.45) is 29.7. The molecular weight excluding hydrogens is 629 g/mol. The number of nitrogens with zero attached hydrogens (tertiary/aromatic N) is 1. The van der Waals surface area contributed by atoms with E-state index in [4.69, 9.17) is 18.5 Å². The lowest BCUT2D eigenvalue weighted by Gasteiger charge is -2.24. The molecule has 0 aromatic carbocycles. The van der Waals surface area contributed by atoms with Crippen LogP contribution in [0.15, 0.2) is 12.2 Å². The molecule has 9 nitrogen and oxygen atoms in total. The summed E-state index contributed by atoms with van der Waals surface area (Å²) in [7, 11) is 1.48. The van der Waals surface area contributed by atoms with E-state index in [1.54, 1.807) is 0 Å². The summed E-state index contributed by atoms with van der Waals surface area (Å²) in [5.41, 5.74) is 0. The highest BCUT2D eigenvalue weighted by Gasteiger charge is 2.27. The van der Waals surface area contributed by atoms with Crippen LogP contribution in [0.2, 0.25) is 0 Å². The van der Waals surface area contributed by atoms with Gasteiger partial charge in [-0.25, -0.2) is 4.57 Å². The quantitative estimate of drug-likeness (QED) is 0.0228. The van der Waals surface area contributed by atoms with Gasteiger partial charge in [-0.05, 0) is 32.1 Å². The van der Waals surface area contributed by atoms with Crippen molar-refractivity contribution < 1.29 is 42.1 Å². The monoisotopic (exact) mass is 705 g/mol. The smallest absolute Gasteiger partial charge is 0.462 e. The highest BCUT2D eigenvalue weighted by molar-refractivity contribution is 7.47. The summed E-state index contributed by atoms with van der Waals surface area (Å²) in [4.78, 5) is 35.1. The zero-order chi connectivity index (χ0) is 35.8. The van der Waals surface area contributed by atoms with Crippen LogP contribution in [0, 0.1) is 0 Å². The zero-order valence-electron chi connectivity index (χ0n) is 31.7. The van der Waals surface area contributed by atoms with Gasteiger partial charge >= 0.3 is 19.8 Å². The van der Waals surface area contributed by atoms with Crippen LogP contribution in [-0.4, -0.2) is 74.9 Å². The van der Waals surface area contributed by atoms with E-state index in [1.165, 1.54) is 77.0 Å². The van der Waals surface area contributed by atoms with Gasteiger partial charge in [0, 0.05) is 12.8 Å². The molecule has 0 saturated carbocycles. The first-order valence-corrected chi connectivity index (χ1v) is 20.9. The molecule has 284 valence electrons. The minimum absolute atomic E-state index is 0.0327. The molecule has 0 saturated heterocycles. The van der Waals surface area contributed by atoms with Crippen LogP contribution in [0.4, 0.5) is 0 Å². The van der Waals surface area contributed by atoms with Crippen molar-refractivity contribution in [2.45, 2.75) is 174 Å². The number of ether oxygens (including phenoxy) is 2. The van der Waals surface area contributed by atoms with Crippen molar-refractivity contribution in [3.05, 3.63) is 12.2 Å². The van der Waals surface area contributed by atoms with Crippen LogP contribution < -0.4 is 0 Å². The Morgan fingerprint density at radius 2 is 1.08 bits per heavy atom. The SMILES string of the molecule is CCCC/C=C\CCCCCCCC(=O)O[C@@H](COC(=O)CCCCCCCCCCCCCCC)COP(=O)(O)OCC[N+](C)(C)C. The molecule has 0 heterocycles. The van der Waals surface area contributed by atoms with Crippen LogP contribution in [0.1, 0.15) is 168 Å². The first-order valence-electron chi connectivity index (χ1n) is 19.4. The molecule has 1 N–H and O–H groups in total. The van der Waals surface area contributed by atoms with Gasteiger partial charge in [-0.15, -0.1) is 0 Å². The van der Waals surface area contributed by atoms with E-state index in [0.29, 0.717) is 23.9 Å². The van der Waals surface area contributed by atoms with Gasteiger partial charge in [0.05, 0.1) is 27.7 Å².